The molecule has 298 valence electrons. The standard InChI is InChI=1S/C42H46ClN7O6S/c1-27(2)46-37-12-10-34(23-38(37)50(52)53)57(54,55)47-41(51)36-11-9-32(22-39(36)56-33-21-29-14-16-44-40(29)45-25-33)49-19-17-48(18-20-49)26-30-24-42(3,4)15-13-35(30)28-5-7-31(43)8-6-28/h5-12,14,16,21-23,25,27,46H,13,15,17-20,24,26H2,1-4H3,(H,44,45)(H,47,51). The van der Waals surface area contributed by atoms with Crippen molar-refractivity contribution in [3.63, 3.8) is 0 Å². The molecule has 0 unspecified atom stereocenters. The number of nitro groups is 1. The predicted octanol–water partition coefficient (Wildman–Crippen LogP) is 8.64. The highest BCUT2D eigenvalue weighted by molar-refractivity contribution is 7.90. The number of fused-ring (bicyclic) bond motifs is 1. The van der Waals surface area contributed by atoms with Crippen LogP contribution in [0.25, 0.3) is 16.6 Å². The number of benzene rings is 3. The molecule has 0 atom stereocenters. The van der Waals surface area contributed by atoms with Crippen LogP contribution in [0.15, 0.2) is 95.7 Å². The molecule has 2 aliphatic rings. The number of allylic oxidation sites excluding steroid dienone is 1. The largest absolute Gasteiger partial charge is 0.455 e. The maximum atomic E-state index is 13.8. The van der Waals surface area contributed by atoms with Crippen LogP contribution in [-0.2, 0) is 10.0 Å². The van der Waals surface area contributed by atoms with Crippen LogP contribution in [0, 0.1) is 15.5 Å². The molecule has 1 saturated heterocycles. The Labute approximate surface area is 337 Å². The van der Waals surface area contributed by atoms with Crippen molar-refractivity contribution in [3.05, 3.63) is 117 Å². The van der Waals surface area contributed by atoms with E-state index in [0.29, 0.717) is 11.4 Å². The number of aromatic amines is 1. The van der Waals surface area contributed by atoms with Gasteiger partial charge in [-0.3, -0.25) is 19.8 Å². The van der Waals surface area contributed by atoms with E-state index in [9.17, 15) is 23.3 Å². The number of nitro benzene ring substituents is 1. The van der Waals surface area contributed by atoms with Gasteiger partial charge in [0, 0.05) is 73.2 Å². The summed E-state index contributed by atoms with van der Waals surface area (Å²) in [6.07, 6.45) is 6.47. The van der Waals surface area contributed by atoms with Crippen LogP contribution in [0.4, 0.5) is 17.1 Å². The third-order valence-electron chi connectivity index (χ3n) is 10.5. The lowest BCUT2D eigenvalue weighted by molar-refractivity contribution is -0.384. The first-order chi connectivity index (χ1) is 27.1. The Hall–Kier alpha value is -5.44. The monoisotopic (exact) mass is 811 g/mol. The summed E-state index contributed by atoms with van der Waals surface area (Å²) in [5.41, 5.74) is 5.51. The number of amides is 1. The maximum absolute atomic E-state index is 13.8. The van der Waals surface area contributed by atoms with Crippen molar-refractivity contribution in [3.8, 4) is 11.5 Å². The van der Waals surface area contributed by atoms with E-state index in [2.05, 4.69) is 55.8 Å². The average molecular weight is 812 g/mol. The molecule has 15 heteroatoms. The number of sulfonamides is 1. The maximum Gasteiger partial charge on any atom is 0.293 e. The lowest BCUT2D eigenvalue weighted by atomic mass is 9.73. The molecule has 13 nitrogen and oxygen atoms in total. The normalized spacial score (nSPS) is 16.2. The first-order valence-corrected chi connectivity index (χ1v) is 20.8. The highest BCUT2D eigenvalue weighted by atomic mass is 35.5. The lowest BCUT2D eigenvalue weighted by Crippen LogP contribution is -2.47. The zero-order chi connectivity index (χ0) is 40.5. The number of anilines is 2. The third-order valence-corrected chi connectivity index (χ3v) is 12.1. The Bertz CT molecular complexity index is 2460. The van der Waals surface area contributed by atoms with E-state index in [1.807, 2.05) is 32.0 Å². The molecule has 0 bridgehead atoms. The second-order valence-electron chi connectivity index (χ2n) is 15.7. The van der Waals surface area contributed by atoms with Crippen LogP contribution in [0.5, 0.6) is 11.5 Å². The van der Waals surface area contributed by atoms with Gasteiger partial charge in [0.05, 0.1) is 21.6 Å². The first-order valence-electron chi connectivity index (χ1n) is 19.0. The van der Waals surface area contributed by atoms with Crippen molar-refractivity contribution in [2.75, 3.05) is 42.9 Å². The molecule has 3 aromatic carbocycles. The van der Waals surface area contributed by atoms with Crippen molar-refractivity contribution >= 4 is 61.2 Å². The van der Waals surface area contributed by atoms with Gasteiger partial charge in [0.2, 0.25) is 0 Å². The number of H-pyrrole nitrogens is 1. The van der Waals surface area contributed by atoms with Gasteiger partial charge in [-0.05, 0) is 98.2 Å². The molecule has 57 heavy (non-hydrogen) atoms. The Morgan fingerprint density at radius 3 is 2.51 bits per heavy atom. The van der Waals surface area contributed by atoms with Crippen LogP contribution in [-0.4, -0.2) is 72.9 Å². The van der Waals surface area contributed by atoms with Crippen molar-refractivity contribution < 1.29 is 22.9 Å². The van der Waals surface area contributed by atoms with Gasteiger partial charge in [-0.1, -0.05) is 43.2 Å². The van der Waals surface area contributed by atoms with Gasteiger partial charge in [0.25, 0.3) is 21.6 Å². The van der Waals surface area contributed by atoms with Gasteiger partial charge in [0.15, 0.2) is 0 Å². The van der Waals surface area contributed by atoms with E-state index < -0.39 is 31.4 Å². The number of halogens is 1. The minimum Gasteiger partial charge on any atom is -0.455 e. The summed E-state index contributed by atoms with van der Waals surface area (Å²) in [5.74, 6) is -0.474. The van der Waals surface area contributed by atoms with Crippen LogP contribution < -0.4 is 19.7 Å². The quantitative estimate of drug-likeness (QED) is 0.0821. The fraction of sp³-hybridized carbons (Fsp3) is 0.333. The number of carbonyl (C=O) groups excluding carboxylic acids is 1. The van der Waals surface area contributed by atoms with Crippen LogP contribution in [0.3, 0.4) is 0 Å². The number of hydrogen-bond donors (Lipinski definition) is 3. The summed E-state index contributed by atoms with van der Waals surface area (Å²) in [4.78, 5) is 36.7. The van der Waals surface area contributed by atoms with E-state index in [4.69, 9.17) is 16.3 Å². The third kappa shape index (κ3) is 9.25. The fourth-order valence-electron chi connectivity index (χ4n) is 7.58. The summed E-state index contributed by atoms with van der Waals surface area (Å²) in [6, 6.07) is 20.2. The molecule has 2 aromatic heterocycles. The lowest BCUT2D eigenvalue weighted by Gasteiger charge is -2.39. The predicted molar refractivity (Wildman–Crippen MR) is 224 cm³/mol. The zero-order valence-electron chi connectivity index (χ0n) is 32.3. The number of ether oxygens (including phenoxy) is 1. The molecule has 1 amide bonds. The molecule has 3 heterocycles. The Kier molecular flexibility index (Phi) is 11.3. The van der Waals surface area contributed by atoms with E-state index in [-0.39, 0.29) is 28.5 Å². The summed E-state index contributed by atoms with van der Waals surface area (Å²) >= 11 is 6.22. The van der Waals surface area contributed by atoms with Crippen LogP contribution in [0.2, 0.25) is 5.02 Å². The van der Waals surface area contributed by atoms with Crippen LogP contribution >= 0.6 is 11.6 Å². The smallest absolute Gasteiger partial charge is 0.293 e. The number of hydrogen-bond acceptors (Lipinski definition) is 10. The van der Waals surface area contributed by atoms with E-state index >= 15 is 0 Å². The number of pyridine rings is 1. The summed E-state index contributed by atoms with van der Waals surface area (Å²) in [6.45, 7) is 12.3. The molecule has 1 fully saturated rings. The summed E-state index contributed by atoms with van der Waals surface area (Å²) < 4.78 is 35.4. The van der Waals surface area contributed by atoms with Gasteiger partial charge in [-0.2, -0.15) is 0 Å². The topological polar surface area (TPSA) is 163 Å². The van der Waals surface area contributed by atoms with Gasteiger partial charge < -0.3 is 19.9 Å². The average Bonchev–Trinajstić information content (AvgIpc) is 3.63. The second-order valence-corrected chi connectivity index (χ2v) is 17.9. The number of nitrogens with one attached hydrogen (secondary N) is 3. The minimum atomic E-state index is -4.53. The second kappa shape index (κ2) is 16.2. The highest BCUT2D eigenvalue weighted by Crippen LogP contribution is 2.43. The van der Waals surface area contributed by atoms with Crippen molar-refractivity contribution in [2.24, 2.45) is 5.41 Å². The molecule has 1 aliphatic heterocycles. The van der Waals surface area contributed by atoms with Gasteiger partial charge in [-0.25, -0.2) is 18.1 Å². The number of nitrogens with zero attached hydrogens (tertiary/aromatic N) is 4. The fourth-order valence-corrected chi connectivity index (χ4v) is 8.69. The molecular weight excluding hydrogens is 766 g/mol. The van der Waals surface area contributed by atoms with Crippen molar-refractivity contribution in [2.45, 2.75) is 57.9 Å². The summed E-state index contributed by atoms with van der Waals surface area (Å²) in [5, 5.41) is 16.3. The molecule has 3 N–H and O–H groups in total. The molecule has 5 aromatic rings. The van der Waals surface area contributed by atoms with Gasteiger partial charge >= 0.3 is 0 Å². The molecular formula is C42H46ClN7O6S. The first kappa shape index (κ1) is 39.8. The van der Waals surface area contributed by atoms with Crippen molar-refractivity contribution in [1.82, 2.24) is 19.6 Å². The van der Waals surface area contributed by atoms with E-state index in [1.54, 1.807) is 24.4 Å². The number of aromatic nitrogens is 2. The summed E-state index contributed by atoms with van der Waals surface area (Å²) in [7, 11) is -4.53. The Morgan fingerprint density at radius 1 is 1.04 bits per heavy atom. The molecule has 7 rings (SSSR count). The number of carbonyl (C=O) groups is 1. The Morgan fingerprint density at radius 2 is 1.79 bits per heavy atom. The van der Waals surface area contributed by atoms with Gasteiger partial charge in [0.1, 0.15) is 22.8 Å². The van der Waals surface area contributed by atoms with Crippen molar-refractivity contribution in [1.29, 1.82) is 0 Å². The van der Waals surface area contributed by atoms with E-state index in [1.165, 1.54) is 41.1 Å². The molecule has 0 radical (unpaired) electrons. The van der Waals surface area contributed by atoms with Gasteiger partial charge in [-0.15, -0.1) is 0 Å². The number of piperazine rings is 1. The molecule has 0 saturated carbocycles. The SMILES string of the molecule is CC(C)Nc1ccc(S(=O)(=O)NC(=O)c2ccc(N3CCN(CC4=C(c5ccc(Cl)cc5)CCC(C)(C)C4)CC3)cc2Oc2cnc3[nH]ccc3c2)cc1[N+](=O)[O-]. The number of rotatable bonds is 12. The Balaban J connectivity index is 1.12. The minimum absolute atomic E-state index is 0.0377. The molecule has 1 aliphatic carbocycles. The highest BCUT2D eigenvalue weighted by Gasteiger charge is 2.30. The van der Waals surface area contributed by atoms with E-state index in [0.717, 1.165) is 74.1 Å². The van der Waals surface area contributed by atoms with Crippen LogP contribution in [0.1, 0.15) is 62.9 Å². The zero-order valence-corrected chi connectivity index (χ0v) is 33.9. The molecule has 0 spiro atoms.